The van der Waals surface area contributed by atoms with E-state index in [0.717, 1.165) is 0 Å². The summed E-state index contributed by atoms with van der Waals surface area (Å²) in [4.78, 5) is 0. The van der Waals surface area contributed by atoms with Crippen LogP contribution in [0.25, 0.3) is 0 Å². The zero-order chi connectivity index (χ0) is 0. The summed E-state index contributed by atoms with van der Waals surface area (Å²) in [7, 11) is 0. The van der Waals surface area contributed by atoms with Gasteiger partial charge < -0.3 is 241 Å². The van der Waals surface area contributed by atoms with Gasteiger partial charge in [0.25, 0.3) is 0 Å². The summed E-state index contributed by atoms with van der Waals surface area (Å²) in [6.45, 7) is 0. The van der Waals surface area contributed by atoms with Crippen LogP contribution in [0.4, 0.5) is 0 Å². The zero-order valence-corrected chi connectivity index (χ0v) is 150. The maximum Gasteiger partial charge on any atom is 2.00 e. The molecule has 0 radical (unpaired) electrons. The molecule has 44 nitrogen and oxygen atoms in total. The van der Waals surface area contributed by atoms with Crippen LogP contribution in [0.2, 0.25) is 0 Å². The minimum atomic E-state index is 0. The molecule has 80 heavy (non-hydrogen) atoms. The molecule has 0 aromatic heterocycles. The monoisotopic (exact) mass is 3010 g/mol. The summed E-state index contributed by atoms with van der Waals surface area (Å²) in [5.74, 6) is 0. The van der Waals surface area contributed by atoms with Gasteiger partial charge in [-0.1, -0.05) is 0 Å². The number of hydrogen-bond donors (Lipinski definition) is 0. The molecule has 0 aromatic carbocycles. The quantitative estimate of drug-likeness (QED) is 0.205. The topological polar surface area (TPSA) is 1250 Å². The second-order valence-corrected chi connectivity index (χ2v) is 0. The third-order valence-electron chi connectivity index (χ3n) is 0. The van der Waals surface area contributed by atoms with Gasteiger partial charge in [-0.3, -0.25) is 0 Å². The molecular weight excluding hydrogens is 3060 g/mol. The van der Waals surface area contributed by atoms with Gasteiger partial charge in [0.1, 0.15) is 0 Å². The van der Waals surface area contributed by atoms with E-state index < -0.39 is 0 Å². The van der Waals surface area contributed by atoms with Crippen LogP contribution in [-0.4, -0.2) is 0 Å². The van der Waals surface area contributed by atoms with Gasteiger partial charge in [-0.15, -0.1) is 0 Å². The summed E-state index contributed by atoms with van der Waals surface area (Å²) in [6.07, 6.45) is 0. The molecule has 0 amide bonds. The summed E-state index contributed by atoms with van der Waals surface area (Å²) in [6, 6.07) is 0. The molecule has 0 rings (SSSR count). The fourth-order valence-corrected chi connectivity index (χ4v) is 0. The van der Waals surface area contributed by atoms with Gasteiger partial charge in [-0.2, -0.15) is 0 Å². The van der Waals surface area contributed by atoms with Gasteiger partial charge in [-0.25, -0.2) is 0 Å². The van der Waals surface area contributed by atoms with E-state index in [1.165, 1.54) is 0 Å². The van der Waals surface area contributed by atoms with Crippen molar-refractivity contribution in [1.29, 1.82) is 0 Å². The molecular formula is O44Zn36-16. The molecule has 0 heterocycles. The second kappa shape index (κ2) is 2270. The Kier molecular flexibility index (Phi) is 66400. The first-order chi connectivity index (χ1) is 0. The van der Waals surface area contributed by atoms with Crippen LogP contribution in [0.15, 0.2) is 0 Å². The zero-order valence-electron chi connectivity index (χ0n) is 43.4. The fourth-order valence-electron chi connectivity index (χ4n) is 0. The predicted molar refractivity (Wildman–Crippen MR) is 30.2 cm³/mol. The van der Waals surface area contributed by atoms with Gasteiger partial charge in [0.15, 0.2) is 0 Å². The molecule has 0 fully saturated rings. The van der Waals surface area contributed by atoms with E-state index in [-0.39, 0.29) is 942 Å². The Labute approximate surface area is 922 Å². The van der Waals surface area contributed by atoms with E-state index in [1.54, 1.807) is 0 Å². The smallest absolute Gasteiger partial charge is 2.00 e. The molecule has 80 heteroatoms. The van der Waals surface area contributed by atoms with Gasteiger partial charge in [0, 0.05) is 0 Å². The average Bonchev–Trinajstić information content (AvgIpc) is 0. The van der Waals surface area contributed by atoms with E-state index in [0.29, 0.717) is 0 Å². The first-order valence-electron chi connectivity index (χ1n) is 0. The molecule has 0 unspecified atom stereocenters. The largest absolute Gasteiger partial charge is 2.00 e. The Morgan fingerprint density at radius 2 is 0.0250 bits per heavy atom. The van der Waals surface area contributed by atoms with Crippen molar-refractivity contribution >= 4 is 0 Å². The molecule has 0 spiro atoms. The minimum absolute atomic E-state index is 0. The van der Waals surface area contributed by atoms with Crippen LogP contribution in [0.1, 0.15) is 0 Å². The summed E-state index contributed by atoms with van der Waals surface area (Å²) in [5, 5.41) is 0. The Balaban J connectivity index is 0. The van der Waals surface area contributed by atoms with Gasteiger partial charge in [-0.05, 0) is 0 Å². The van der Waals surface area contributed by atoms with E-state index in [1.807, 2.05) is 0 Å². The van der Waals surface area contributed by atoms with Crippen molar-refractivity contribution in [1.82, 2.24) is 0 Å². The maximum atomic E-state index is 0. The van der Waals surface area contributed by atoms with E-state index in [2.05, 4.69) is 0 Å². The number of hydrogen-bond acceptors (Lipinski definition) is 0. The summed E-state index contributed by atoms with van der Waals surface area (Å²) < 4.78 is 0. The molecule has 0 N–H and O–H groups in total. The van der Waals surface area contributed by atoms with Crippen LogP contribution in [-0.2, 0) is 942 Å². The maximum absolute atomic E-state index is 0. The molecule has 0 atom stereocenters. The summed E-state index contributed by atoms with van der Waals surface area (Å²) >= 11 is 0. The van der Waals surface area contributed by atoms with Crippen molar-refractivity contribution in [2.75, 3.05) is 0 Å². The van der Waals surface area contributed by atoms with Crippen LogP contribution < -0.4 is 0 Å². The van der Waals surface area contributed by atoms with Crippen molar-refractivity contribution in [3.8, 4) is 0 Å². The minimum Gasteiger partial charge on any atom is -2.00 e. The fraction of sp³-hybridized carbons (Fsp3) is 0. The van der Waals surface area contributed by atoms with E-state index in [9.17, 15) is 0 Å². The molecule has 352 valence electrons. The predicted octanol–water partition coefficient (Wildman–Crippen LogP) is -5.32. The first kappa shape index (κ1) is 2340. The second-order valence-electron chi connectivity index (χ2n) is 0. The third-order valence-corrected chi connectivity index (χ3v) is 0. The van der Waals surface area contributed by atoms with Crippen LogP contribution >= 0.6 is 0 Å². The first-order valence-corrected chi connectivity index (χ1v) is 0. The molecule has 0 aliphatic heterocycles. The normalized spacial score (nSPS) is 0. The molecule has 0 aromatic rings. The third kappa shape index (κ3) is 2200. The average molecular weight is 3060 g/mol. The Morgan fingerprint density at radius 1 is 0.0250 bits per heavy atom. The van der Waals surface area contributed by atoms with Crippen molar-refractivity contribution in [2.45, 2.75) is 0 Å². The summed E-state index contributed by atoms with van der Waals surface area (Å²) in [5.41, 5.74) is 0. The van der Waals surface area contributed by atoms with Crippen molar-refractivity contribution in [3.63, 3.8) is 0 Å². The standard InChI is InChI=1S/44O.36Zn/q44*-2;36*+2. The van der Waals surface area contributed by atoms with E-state index in [4.69, 9.17) is 0 Å². The SMILES string of the molecule is [O-2].[O-2].[O-2].[O-2].[O-2].[O-2].[O-2].[O-2].[O-2].[O-2].[O-2].[O-2].[O-2].[O-2].[O-2].[O-2].[O-2].[O-2].[O-2].[O-2].[O-2].[O-2].[O-2].[O-2].[O-2].[O-2].[O-2].[O-2].[O-2].[O-2].[O-2].[O-2].[O-2].[O-2].[O-2].[O-2].[O-2].[O-2].[O-2].[O-2].[O-2].[O-2].[O-2].[O-2].[Zn+2].[Zn+2].[Zn+2].[Zn+2].[Zn+2].[Zn+2].[Zn+2].[Zn+2].[Zn+2].[Zn+2].[Zn+2].[Zn+2].[Zn+2].[Zn+2].[Zn+2].[Zn+2].[Zn+2].[Zn+2].[Zn+2].[Zn+2].[Zn+2].[Zn+2].[Zn+2].[Zn+2].[Zn+2].[Zn+2].[Zn+2].[Zn+2].[Zn+2].[Zn+2].[Zn+2].[Zn+2].[Zn+2].[Zn+2].[Zn+2].[Zn+2]. The van der Waals surface area contributed by atoms with Crippen molar-refractivity contribution < 1.29 is 942 Å². The molecule has 0 saturated heterocycles. The number of rotatable bonds is 0. The van der Waals surface area contributed by atoms with Crippen molar-refractivity contribution in [3.05, 3.63) is 0 Å². The van der Waals surface area contributed by atoms with Crippen LogP contribution in [0.5, 0.6) is 0 Å². The Hall–Kier alpha value is 20.7. The Bertz CT molecular complexity index is 79.4. The molecule has 0 bridgehead atoms. The molecule has 0 saturated carbocycles. The van der Waals surface area contributed by atoms with Gasteiger partial charge >= 0.3 is 701 Å². The van der Waals surface area contributed by atoms with E-state index >= 15 is 0 Å². The van der Waals surface area contributed by atoms with Crippen LogP contribution in [0, 0.1) is 0 Å². The van der Waals surface area contributed by atoms with Gasteiger partial charge in [0.2, 0.25) is 0 Å². The molecule has 0 aliphatic rings. The Morgan fingerprint density at radius 3 is 0.0250 bits per heavy atom. The van der Waals surface area contributed by atoms with Crippen molar-refractivity contribution in [2.24, 2.45) is 0 Å². The molecule has 0 aliphatic carbocycles. The van der Waals surface area contributed by atoms with Gasteiger partial charge in [0.05, 0.1) is 0 Å². The van der Waals surface area contributed by atoms with Crippen LogP contribution in [0.3, 0.4) is 0 Å².